The average Bonchev–Trinajstić information content (AvgIpc) is 3.15. The van der Waals surface area contributed by atoms with E-state index in [9.17, 15) is 4.79 Å². The molecule has 0 saturated heterocycles. The molecule has 0 saturated carbocycles. The third kappa shape index (κ3) is 3.18. The van der Waals surface area contributed by atoms with Gasteiger partial charge >= 0.3 is 0 Å². The second kappa shape index (κ2) is 6.86. The lowest BCUT2D eigenvalue weighted by molar-refractivity contribution is -0.121. The molecule has 0 aliphatic heterocycles. The van der Waals surface area contributed by atoms with E-state index in [1.54, 1.807) is 0 Å². The standard InChI is InChI=1S/C18H23N5O/c1-4-19-15(24)8-7-11-23-17-16(13(2)12-14(3)20-17)18(21-23)22-9-5-6-10-22/h5-6,9-10,12H,4,7-8,11H2,1-3H3,(H,19,24). The first-order valence-corrected chi connectivity index (χ1v) is 8.35. The van der Waals surface area contributed by atoms with E-state index in [0.29, 0.717) is 19.5 Å². The van der Waals surface area contributed by atoms with Crippen molar-refractivity contribution in [2.75, 3.05) is 6.54 Å². The zero-order valence-corrected chi connectivity index (χ0v) is 14.4. The van der Waals surface area contributed by atoms with Gasteiger partial charge in [0.2, 0.25) is 5.91 Å². The van der Waals surface area contributed by atoms with E-state index in [2.05, 4.69) is 23.3 Å². The van der Waals surface area contributed by atoms with Crippen molar-refractivity contribution in [1.82, 2.24) is 24.6 Å². The molecule has 6 heteroatoms. The van der Waals surface area contributed by atoms with Crippen LogP contribution in [0.25, 0.3) is 16.9 Å². The molecule has 3 rings (SSSR count). The zero-order chi connectivity index (χ0) is 17.1. The molecular weight excluding hydrogens is 302 g/mol. The maximum absolute atomic E-state index is 11.6. The van der Waals surface area contributed by atoms with Gasteiger partial charge in [-0.25, -0.2) is 9.67 Å². The number of aromatic nitrogens is 4. The van der Waals surface area contributed by atoms with Crippen LogP contribution in [0.4, 0.5) is 0 Å². The Kier molecular flexibility index (Phi) is 4.64. The largest absolute Gasteiger partial charge is 0.356 e. The first-order chi connectivity index (χ1) is 11.6. The van der Waals surface area contributed by atoms with E-state index in [1.807, 2.05) is 47.6 Å². The highest BCUT2D eigenvalue weighted by Crippen LogP contribution is 2.25. The highest BCUT2D eigenvalue weighted by atomic mass is 16.1. The average molecular weight is 325 g/mol. The molecule has 0 fully saturated rings. The highest BCUT2D eigenvalue weighted by molar-refractivity contribution is 5.87. The van der Waals surface area contributed by atoms with Gasteiger partial charge in [0.05, 0.1) is 5.39 Å². The molecule has 0 bridgehead atoms. The summed E-state index contributed by atoms with van der Waals surface area (Å²) in [5.41, 5.74) is 3.02. The molecule has 0 unspecified atom stereocenters. The number of carbonyl (C=O) groups is 1. The molecule has 0 aliphatic rings. The van der Waals surface area contributed by atoms with Crippen LogP contribution < -0.4 is 5.32 Å². The van der Waals surface area contributed by atoms with Gasteiger partial charge in [0.1, 0.15) is 0 Å². The van der Waals surface area contributed by atoms with Crippen LogP contribution in [0.15, 0.2) is 30.6 Å². The van der Waals surface area contributed by atoms with Crippen molar-refractivity contribution in [3.05, 3.63) is 41.9 Å². The molecule has 126 valence electrons. The van der Waals surface area contributed by atoms with E-state index < -0.39 is 0 Å². The smallest absolute Gasteiger partial charge is 0.220 e. The lowest BCUT2D eigenvalue weighted by Gasteiger charge is -2.05. The topological polar surface area (TPSA) is 64.7 Å². The number of rotatable bonds is 6. The highest BCUT2D eigenvalue weighted by Gasteiger charge is 2.16. The predicted octanol–water partition coefficient (Wildman–Crippen LogP) is 2.76. The van der Waals surface area contributed by atoms with Gasteiger partial charge in [-0.05, 0) is 51.0 Å². The van der Waals surface area contributed by atoms with Crippen LogP contribution in [-0.2, 0) is 11.3 Å². The van der Waals surface area contributed by atoms with E-state index in [0.717, 1.165) is 34.5 Å². The molecule has 24 heavy (non-hydrogen) atoms. The minimum absolute atomic E-state index is 0.0833. The van der Waals surface area contributed by atoms with Gasteiger partial charge < -0.3 is 9.88 Å². The van der Waals surface area contributed by atoms with E-state index >= 15 is 0 Å². The number of amides is 1. The summed E-state index contributed by atoms with van der Waals surface area (Å²) in [6.45, 7) is 7.35. The molecule has 1 amide bonds. The Morgan fingerprint density at radius 1 is 1.25 bits per heavy atom. The number of hydrogen-bond donors (Lipinski definition) is 1. The molecule has 0 aliphatic carbocycles. The maximum Gasteiger partial charge on any atom is 0.220 e. The fourth-order valence-electron chi connectivity index (χ4n) is 2.98. The van der Waals surface area contributed by atoms with Gasteiger partial charge in [0.15, 0.2) is 11.5 Å². The van der Waals surface area contributed by atoms with Crippen LogP contribution in [0.5, 0.6) is 0 Å². The molecule has 1 N–H and O–H groups in total. The maximum atomic E-state index is 11.6. The summed E-state index contributed by atoms with van der Waals surface area (Å²) in [7, 11) is 0. The summed E-state index contributed by atoms with van der Waals surface area (Å²) in [4.78, 5) is 16.3. The van der Waals surface area contributed by atoms with Crippen LogP contribution in [-0.4, -0.2) is 31.8 Å². The summed E-state index contributed by atoms with van der Waals surface area (Å²) in [5.74, 6) is 0.970. The number of fused-ring (bicyclic) bond motifs is 1. The minimum atomic E-state index is 0.0833. The molecule has 0 spiro atoms. The molecule has 0 atom stereocenters. The lowest BCUT2D eigenvalue weighted by atomic mass is 10.2. The first-order valence-electron chi connectivity index (χ1n) is 8.35. The number of hydrogen-bond acceptors (Lipinski definition) is 3. The van der Waals surface area contributed by atoms with Crippen molar-refractivity contribution in [2.45, 2.75) is 40.2 Å². The van der Waals surface area contributed by atoms with Gasteiger partial charge in [-0.3, -0.25) is 4.79 Å². The van der Waals surface area contributed by atoms with Crippen molar-refractivity contribution in [2.24, 2.45) is 0 Å². The third-order valence-electron chi connectivity index (χ3n) is 4.01. The molecule has 6 nitrogen and oxygen atoms in total. The normalized spacial score (nSPS) is 11.1. The molecule has 0 aromatic carbocycles. The predicted molar refractivity (Wildman–Crippen MR) is 94.2 cm³/mol. The molecular formula is C18H23N5O. The van der Waals surface area contributed by atoms with Crippen molar-refractivity contribution in [1.29, 1.82) is 0 Å². The van der Waals surface area contributed by atoms with Crippen LogP contribution in [0.2, 0.25) is 0 Å². The van der Waals surface area contributed by atoms with Crippen molar-refractivity contribution in [3.8, 4) is 5.82 Å². The quantitative estimate of drug-likeness (QED) is 0.758. The SMILES string of the molecule is CCNC(=O)CCCn1nc(-n2cccc2)c2c(C)cc(C)nc21. The Morgan fingerprint density at radius 3 is 2.71 bits per heavy atom. The number of nitrogens with one attached hydrogen (secondary N) is 1. The second-order valence-electron chi connectivity index (χ2n) is 5.97. The van der Waals surface area contributed by atoms with Gasteiger partial charge in [-0.1, -0.05) is 0 Å². The van der Waals surface area contributed by atoms with E-state index in [4.69, 9.17) is 5.10 Å². The van der Waals surface area contributed by atoms with E-state index in [-0.39, 0.29) is 5.91 Å². The Hall–Kier alpha value is -2.63. The Morgan fingerprint density at radius 2 is 2.00 bits per heavy atom. The van der Waals surface area contributed by atoms with Crippen LogP contribution >= 0.6 is 0 Å². The third-order valence-corrected chi connectivity index (χ3v) is 4.01. The Bertz CT molecular complexity index is 848. The van der Waals surface area contributed by atoms with Crippen molar-refractivity contribution < 1.29 is 4.79 Å². The molecule has 3 heterocycles. The number of nitrogens with zero attached hydrogens (tertiary/aromatic N) is 4. The Labute approximate surface area is 141 Å². The first kappa shape index (κ1) is 16.2. The Balaban J connectivity index is 1.94. The van der Waals surface area contributed by atoms with Gasteiger partial charge in [-0.15, -0.1) is 0 Å². The van der Waals surface area contributed by atoms with Crippen LogP contribution in [0, 0.1) is 13.8 Å². The number of aryl methyl sites for hydroxylation is 3. The minimum Gasteiger partial charge on any atom is -0.356 e. The summed E-state index contributed by atoms with van der Waals surface area (Å²) >= 11 is 0. The molecule has 3 aromatic heterocycles. The van der Waals surface area contributed by atoms with Gasteiger partial charge in [0, 0.05) is 37.6 Å². The van der Waals surface area contributed by atoms with E-state index in [1.165, 1.54) is 0 Å². The fourth-order valence-corrected chi connectivity index (χ4v) is 2.98. The van der Waals surface area contributed by atoms with Crippen LogP contribution in [0.1, 0.15) is 31.0 Å². The van der Waals surface area contributed by atoms with Crippen molar-refractivity contribution in [3.63, 3.8) is 0 Å². The van der Waals surface area contributed by atoms with Gasteiger partial charge in [-0.2, -0.15) is 5.10 Å². The van der Waals surface area contributed by atoms with Crippen molar-refractivity contribution >= 4 is 16.9 Å². The number of pyridine rings is 1. The number of carbonyl (C=O) groups excluding carboxylic acids is 1. The molecule has 0 radical (unpaired) electrons. The zero-order valence-electron chi connectivity index (χ0n) is 14.4. The summed E-state index contributed by atoms with van der Waals surface area (Å²) < 4.78 is 3.93. The van der Waals surface area contributed by atoms with Crippen LogP contribution in [0.3, 0.4) is 0 Å². The summed E-state index contributed by atoms with van der Waals surface area (Å²) in [6, 6.07) is 6.05. The monoisotopic (exact) mass is 325 g/mol. The summed E-state index contributed by atoms with van der Waals surface area (Å²) in [5, 5.41) is 8.65. The molecule has 3 aromatic rings. The van der Waals surface area contributed by atoms with Gasteiger partial charge in [0.25, 0.3) is 0 Å². The fraction of sp³-hybridized carbons (Fsp3) is 0.389. The summed E-state index contributed by atoms with van der Waals surface area (Å²) in [6.07, 6.45) is 5.21. The lowest BCUT2D eigenvalue weighted by Crippen LogP contribution is -2.22. The second-order valence-corrected chi connectivity index (χ2v) is 5.97.